The molecule has 8 nitrogen and oxygen atoms in total. The van der Waals surface area contributed by atoms with Crippen molar-refractivity contribution in [2.45, 2.75) is 24.9 Å². The maximum absolute atomic E-state index is 13.8. The standard InChI is InChI=1S/C29H28FN5O3/c30-23-8-4-6-21(16-23)11-14-32-28(36)27(22-7-5-13-31-17-22)35(29(37)26-19-38-20-33-26)25-12-15-34(18-25)24-9-2-1-3-10-24/h1-10,13,16-17,19-20,25,27H,11-12,14-15,18H2,(H,32,36). The van der Waals surface area contributed by atoms with Crippen molar-refractivity contribution in [3.63, 3.8) is 0 Å². The van der Waals surface area contributed by atoms with E-state index in [0.717, 1.165) is 17.8 Å². The molecule has 0 aliphatic carbocycles. The summed E-state index contributed by atoms with van der Waals surface area (Å²) in [7, 11) is 0. The summed E-state index contributed by atoms with van der Waals surface area (Å²) in [5.74, 6) is -1.06. The molecule has 0 saturated carbocycles. The second-order valence-corrected chi connectivity index (χ2v) is 9.17. The van der Waals surface area contributed by atoms with Crippen LogP contribution in [0, 0.1) is 5.82 Å². The van der Waals surface area contributed by atoms with Crippen molar-refractivity contribution >= 4 is 17.5 Å². The molecule has 194 valence electrons. The molecule has 2 unspecified atom stereocenters. The van der Waals surface area contributed by atoms with Crippen molar-refractivity contribution in [2.24, 2.45) is 0 Å². The highest BCUT2D eigenvalue weighted by atomic mass is 19.1. The third-order valence-electron chi connectivity index (χ3n) is 6.69. The van der Waals surface area contributed by atoms with Gasteiger partial charge in [-0.3, -0.25) is 14.6 Å². The topological polar surface area (TPSA) is 91.6 Å². The number of amides is 2. The first-order valence-electron chi connectivity index (χ1n) is 12.5. The molecular weight excluding hydrogens is 485 g/mol. The summed E-state index contributed by atoms with van der Waals surface area (Å²) in [5, 5.41) is 2.96. The van der Waals surface area contributed by atoms with Crippen LogP contribution in [0.5, 0.6) is 0 Å². The summed E-state index contributed by atoms with van der Waals surface area (Å²) in [6, 6.07) is 18.6. The zero-order valence-electron chi connectivity index (χ0n) is 20.7. The van der Waals surface area contributed by atoms with Gasteiger partial charge in [-0.2, -0.15) is 0 Å². The average molecular weight is 514 g/mol. The number of para-hydroxylation sites is 1. The van der Waals surface area contributed by atoms with E-state index in [1.807, 2.05) is 36.4 Å². The smallest absolute Gasteiger partial charge is 0.277 e. The normalized spacial score (nSPS) is 15.7. The Kier molecular flexibility index (Phi) is 7.73. The van der Waals surface area contributed by atoms with Crippen molar-refractivity contribution in [1.82, 2.24) is 20.2 Å². The Hall–Kier alpha value is -4.53. The number of carbonyl (C=O) groups excluding carboxylic acids is 2. The van der Waals surface area contributed by atoms with Gasteiger partial charge in [0.1, 0.15) is 18.1 Å². The summed E-state index contributed by atoms with van der Waals surface area (Å²) in [4.78, 5) is 39.7. The molecule has 1 fully saturated rings. The highest BCUT2D eigenvalue weighted by Crippen LogP contribution is 2.31. The van der Waals surface area contributed by atoms with E-state index in [2.05, 4.69) is 20.2 Å². The lowest BCUT2D eigenvalue weighted by Crippen LogP contribution is -2.50. The van der Waals surface area contributed by atoms with E-state index < -0.39 is 11.9 Å². The van der Waals surface area contributed by atoms with E-state index in [1.165, 1.54) is 24.8 Å². The SMILES string of the molecule is O=C(NCCc1cccc(F)c1)C(c1cccnc1)N(C(=O)c1cocn1)C1CCN(c2ccccc2)C1. The summed E-state index contributed by atoms with van der Waals surface area (Å²) >= 11 is 0. The van der Waals surface area contributed by atoms with Crippen LogP contribution in [0.4, 0.5) is 10.1 Å². The van der Waals surface area contributed by atoms with Gasteiger partial charge in [-0.15, -0.1) is 0 Å². The molecule has 2 atom stereocenters. The Morgan fingerprint density at radius 2 is 2.00 bits per heavy atom. The molecule has 2 aromatic carbocycles. The lowest BCUT2D eigenvalue weighted by Gasteiger charge is -2.35. The van der Waals surface area contributed by atoms with Crippen LogP contribution in [-0.4, -0.2) is 52.4 Å². The molecule has 1 saturated heterocycles. The number of oxazole rings is 1. The lowest BCUT2D eigenvalue weighted by molar-refractivity contribution is -0.126. The third-order valence-corrected chi connectivity index (χ3v) is 6.69. The molecule has 0 spiro atoms. The van der Waals surface area contributed by atoms with E-state index in [9.17, 15) is 14.0 Å². The molecule has 2 aromatic heterocycles. The first-order chi connectivity index (χ1) is 18.6. The van der Waals surface area contributed by atoms with Crippen LogP contribution >= 0.6 is 0 Å². The van der Waals surface area contributed by atoms with E-state index >= 15 is 0 Å². The van der Waals surface area contributed by atoms with Crippen LogP contribution in [-0.2, 0) is 11.2 Å². The Bertz CT molecular complexity index is 1350. The van der Waals surface area contributed by atoms with Gasteiger partial charge in [-0.25, -0.2) is 9.37 Å². The van der Waals surface area contributed by atoms with E-state index in [0.29, 0.717) is 24.9 Å². The summed E-state index contributed by atoms with van der Waals surface area (Å²) in [6.07, 6.45) is 6.84. The minimum absolute atomic E-state index is 0.129. The number of nitrogens with zero attached hydrogens (tertiary/aromatic N) is 4. The predicted octanol–water partition coefficient (Wildman–Crippen LogP) is 4.03. The first kappa shape index (κ1) is 25.1. The van der Waals surface area contributed by atoms with Gasteiger partial charge in [0, 0.05) is 43.3 Å². The van der Waals surface area contributed by atoms with Gasteiger partial charge in [0.15, 0.2) is 12.1 Å². The fourth-order valence-electron chi connectivity index (χ4n) is 4.88. The molecular formula is C29H28FN5O3. The van der Waals surface area contributed by atoms with Crippen LogP contribution in [0.25, 0.3) is 0 Å². The maximum Gasteiger partial charge on any atom is 0.277 e. The van der Waals surface area contributed by atoms with Crippen molar-refractivity contribution < 1.29 is 18.4 Å². The van der Waals surface area contributed by atoms with Gasteiger partial charge < -0.3 is 19.5 Å². The van der Waals surface area contributed by atoms with Gasteiger partial charge in [0.25, 0.3) is 5.91 Å². The van der Waals surface area contributed by atoms with Crippen molar-refractivity contribution in [3.05, 3.63) is 114 Å². The fraction of sp³-hybridized carbons (Fsp3) is 0.241. The molecule has 5 rings (SSSR count). The number of rotatable bonds is 9. The number of benzene rings is 2. The van der Waals surface area contributed by atoms with E-state index in [4.69, 9.17) is 4.42 Å². The molecule has 38 heavy (non-hydrogen) atoms. The quantitative estimate of drug-likeness (QED) is 0.363. The largest absolute Gasteiger partial charge is 0.451 e. The van der Waals surface area contributed by atoms with E-state index in [1.54, 1.807) is 35.5 Å². The number of carbonyl (C=O) groups is 2. The Labute approximate surface area is 220 Å². The van der Waals surface area contributed by atoms with Gasteiger partial charge in [-0.05, 0) is 48.7 Å². The van der Waals surface area contributed by atoms with Crippen LogP contribution in [0.15, 0.2) is 96.2 Å². The molecule has 1 aliphatic rings. The van der Waals surface area contributed by atoms with Crippen molar-refractivity contribution in [1.29, 1.82) is 0 Å². The minimum atomic E-state index is -0.943. The van der Waals surface area contributed by atoms with Gasteiger partial charge in [0.05, 0.1) is 6.04 Å². The Balaban J connectivity index is 1.43. The van der Waals surface area contributed by atoms with Crippen molar-refractivity contribution in [3.8, 4) is 0 Å². The number of aromatic nitrogens is 2. The second-order valence-electron chi connectivity index (χ2n) is 9.17. The van der Waals surface area contributed by atoms with Crippen LogP contribution in [0.3, 0.4) is 0 Å². The Morgan fingerprint density at radius 1 is 1.13 bits per heavy atom. The molecule has 0 radical (unpaired) electrons. The number of halogens is 1. The number of anilines is 1. The highest BCUT2D eigenvalue weighted by Gasteiger charge is 2.40. The number of pyridine rings is 1. The molecule has 4 aromatic rings. The van der Waals surface area contributed by atoms with Crippen LogP contribution in [0.1, 0.15) is 34.1 Å². The number of hydrogen-bond acceptors (Lipinski definition) is 6. The average Bonchev–Trinajstić information content (AvgIpc) is 3.65. The zero-order valence-corrected chi connectivity index (χ0v) is 20.7. The summed E-state index contributed by atoms with van der Waals surface area (Å²) < 4.78 is 18.7. The molecule has 1 N–H and O–H groups in total. The van der Waals surface area contributed by atoms with Crippen LogP contribution < -0.4 is 10.2 Å². The first-order valence-corrected chi connectivity index (χ1v) is 12.5. The molecule has 9 heteroatoms. The Morgan fingerprint density at radius 3 is 2.74 bits per heavy atom. The van der Waals surface area contributed by atoms with E-state index in [-0.39, 0.29) is 30.0 Å². The van der Waals surface area contributed by atoms with Gasteiger partial charge in [0.2, 0.25) is 5.91 Å². The van der Waals surface area contributed by atoms with Crippen molar-refractivity contribution in [2.75, 3.05) is 24.5 Å². The molecule has 2 amide bonds. The zero-order chi connectivity index (χ0) is 26.3. The summed E-state index contributed by atoms with van der Waals surface area (Å²) in [6.45, 7) is 1.57. The summed E-state index contributed by atoms with van der Waals surface area (Å²) in [5.41, 5.74) is 2.55. The predicted molar refractivity (Wildman–Crippen MR) is 140 cm³/mol. The molecule has 3 heterocycles. The lowest BCUT2D eigenvalue weighted by atomic mass is 10.0. The monoisotopic (exact) mass is 513 g/mol. The maximum atomic E-state index is 13.8. The van der Waals surface area contributed by atoms with Gasteiger partial charge >= 0.3 is 0 Å². The molecule has 1 aliphatic heterocycles. The second kappa shape index (κ2) is 11.7. The van der Waals surface area contributed by atoms with Gasteiger partial charge in [-0.1, -0.05) is 36.4 Å². The number of hydrogen-bond donors (Lipinski definition) is 1. The van der Waals surface area contributed by atoms with Crippen LogP contribution in [0.2, 0.25) is 0 Å². The molecule has 0 bridgehead atoms. The highest BCUT2D eigenvalue weighted by molar-refractivity contribution is 5.96. The fourth-order valence-corrected chi connectivity index (χ4v) is 4.88. The third kappa shape index (κ3) is 5.72. The number of nitrogens with one attached hydrogen (secondary N) is 1. The minimum Gasteiger partial charge on any atom is -0.451 e.